The smallest absolute Gasteiger partial charge is 0.126 e. The number of rotatable bonds is 22. The summed E-state index contributed by atoms with van der Waals surface area (Å²) < 4.78 is 0. The van der Waals surface area contributed by atoms with Gasteiger partial charge in [0, 0.05) is 0 Å². The van der Waals surface area contributed by atoms with Gasteiger partial charge in [0.05, 0.1) is 0 Å². The van der Waals surface area contributed by atoms with Crippen LogP contribution < -0.4 is 0 Å². The van der Waals surface area contributed by atoms with E-state index in [4.69, 9.17) is 33.2 Å². The van der Waals surface area contributed by atoms with E-state index in [9.17, 15) is 0 Å². The van der Waals surface area contributed by atoms with Crippen molar-refractivity contribution in [3.05, 3.63) is 0 Å². The van der Waals surface area contributed by atoms with Gasteiger partial charge in [0.2, 0.25) is 0 Å². The lowest BCUT2D eigenvalue weighted by atomic mass is 10.0. The average Bonchev–Trinajstić information content (AvgIpc) is 2.71. The van der Waals surface area contributed by atoms with Crippen LogP contribution in [0, 0.1) is 0 Å². The van der Waals surface area contributed by atoms with E-state index in [2.05, 4.69) is 20.8 Å². The minimum Gasteiger partial charge on any atom is -0.126 e. The van der Waals surface area contributed by atoms with Crippen molar-refractivity contribution in [1.29, 1.82) is 0 Å². The lowest BCUT2D eigenvalue weighted by molar-refractivity contribution is 0.531. The highest BCUT2D eigenvalue weighted by atomic mass is 35.8. The Hall–Kier alpha value is 1.09. The zero-order valence-electron chi connectivity index (χ0n) is 20.9. The molecule has 4 heteroatoms. The summed E-state index contributed by atoms with van der Waals surface area (Å²) in [6.45, 7) is 6.80. The van der Waals surface area contributed by atoms with Crippen molar-refractivity contribution >= 4 is 39.2 Å². The summed E-state index contributed by atoms with van der Waals surface area (Å²) in [5.41, 5.74) is 0. The molecule has 0 bridgehead atoms. The molecule has 0 amide bonds. The standard InChI is InChI=1S/C18H37Cl3Si.C8H18/c1-2-3-4-5-6-7-8-9-10-11-12-13-14-15-16-17-18-22(19,20)21;1-3-5-7-8-6-4-2/h2-18H2,1H3;3-8H2,1-2H3. The molecular formula is C26H55Cl3Si. The van der Waals surface area contributed by atoms with Crippen LogP contribution in [0.4, 0.5) is 0 Å². The molecule has 0 spiro atoms. The maximum atomic E-state index is 5.87. The Bertz CT molecular complexity index is 286. The summed E-state index contributed by atoms with van der Waals surface area (Å²) in [4.78, 5) is 0. The first-order valence-electron chi connectivity index (χ1n) is 13.5. The Morgan fingerprint density at radius 2 is 0.533 bits per heavy atom. The highest BCUT2D eigenvalue weighted by molar-refractivity contribution is 7.64. The van der Waals surface area contributed by atoms with Crippen LogP contribution in [-0.4, -0.2) is 6.00 Å². The molecule has 0 aliphatic rings. The lowest BCUT2D eigenvalue weighted by Crippen LogP contribution is -2.07. The SMILES string of the molecule is CCCCCCCC.CCCCCCCCCCCCCCCCCC[Si](Cl)(Cl)Cl. The third-order valence-electron chi connectivity index (χ3n) is 5.77. The predicted octanol–water partition coefficient (Wildman–Crippen LogP) is 12.3. The van der Waals surface area contributed by atoms with Gasteiger partial charge in [-0.1, -0.05) is 162 Å². The Balaban J connectivity index is 0. The number of hydrogen-bond donors (Lipinski definition) is 0. The Kier molecular flexibility index (Phi) is 31.2. The molecular weight excluding hydrogens is 447 g/mol. The Morgan fingerprint density at radius 1 is 0.333 bits per heavy atom. The van der Waals surface area contributed by atoms with Crippen LogP contribution in [0.25, 0.3) is 0 Å². The van der Waals surface area contributed by atoms with Crippen molar-refractivity contribution in [2.45, 2.75) is 168 Å². The molecule has 0 radical (unpaired) electrons. The van der Waals surface area contributed by atoms with Crippen molar-refractivity contribution in [2.75, 3.05) is 0 Å². The van der Waals surface area contributed by atoms with Gasteiger partial charge in [-0.3, -0.25) is 0 Å². The van der Waals surface area contributed by atoms with Crippen LogP contribution in [0.5, 0.6) is 0 Å². The Morgan fingerprint density at radius 3 is 0.733 bits per heavy atom. The molecule has 0 heterocycles. The molecule has 0 unspecified atom stereocenters. The van der Waals surface area contributed by atoms with Gasteiger partial charge in [-0.25, -0.2) is 0 Å². The fraction of sp³-hybridized carbons (Fsp3) is 1.00. The summed E-state index contributed by atoms with van der Waals surface area (Å²) >= 11 is 17.6. The molecule has 30 heavy (non-hydrogen) atoms. The van der Waals surface area contributed by atoms with Crippen LogP contribution in [0.3, 0.4) is 0 Å². The van der Waals surface area contributed by atoms with E-state index < -0.39 is 6.00 Å². The summed E-state index contributed by atoms with van der Waals surface area (Å²) in [6.07, 6.45) is 30.6. The largest absolute Gasteiger partial charge is 0.341 e. The van der Waals surface area contributed by atoms with Gasteiger partial charge in [-0.15, -0.1) is 33.2 Å². The van der Waals surface area contributed by atoms with E-state index in [1.165, 1.54) is 135 Å². The average molecular weight is 502 g/mol. The molecule has 0 nitrogen and oxygen atoms in total. The van der Waals surface area contributed by atoms with Crippen LogP contribution in [-0.2, 0) is 0 Å². The van der Waals surface area contributed by atoms with Gasteiger partial charge >= 0.3 is 6.00 Å². The molecule has 0 aliphatic carbocycles. The molecule has 0 fully saturated rings. The topological polar surface area (TPSA) is 0 Å². The normalized spacial score (nSPS) is 11.4. The van der Waals surface area contributed by atoms with Crippen molar-refractivity contribution in [3.63, 3.8) is 0 Å². The van der Waals surface area contributed by atoms with E-state index in [1.807, 2.05) is 0 Å². The third kappa shape index (κ3) is 36.5. The fourth-order valence-electron chi connectivity index (χ4n) is 3.73. The zero-order chi connectivity index (χ0) is 22.8. The Labute approximate surface area is 206 Å². The van der Waals surface area contributed by atoms with Crippen LogP contribution in [0.15, 0.2) is 0 Å². The molecule has 0 saturated heterocycles. The molecule has 0 aromatic heterocycles. The number of unbranched alkanes of at least 4 members (excludes halogenated alkanes) is 20. The second kappa shape index (κ2) is 28.1. The zero-order valence-corrected chi connectivity index (χ0v) is 24.2. The van der Waals surface area contributed by atoms with Crippen molar-refractivity contribution in [2.24, 2.45) is 0 Å². The molecule has 0 aromatic rings. The van der Waals surface area contributed by atoms with Gasteiger partial charge < -0.3 is 0 Å². The molecule has 0 N–H and O–H groups in total. The molecule has 0 rings (SSSR count). The maximum Gasteiger partial charge on any atom is 0.341 e. The van der Waals surface area contributed by atoms with Gasteiger partial charge in [0.25, 0.3) is 0 Å². The number of halogens is 3. The highest BCUT2D eigenvalue weighted by Gasteiger charge is 2.23. The third-order valence-corrected chi connectivity index (χ3v) is 8.39. The summed E-state index contributed by atoms with van der Waals surface area (Å²) in [6, 6.07) is -1.52. The molecule has 0 aromatic carbocycles. The van der Waals surface area contributed by atoms with Gasteiger partial charge in [0.15, 0.2) is 0 Å². The molecule has 0 aliphatic heterocycles. The second-order valence-electron chi connectivity index (χ2n) is 9.08. The second-order valence-corrected chi connectivity index (χ2v) is 18.4. The first-order valence-corrected chi connectivity index (χ1v) is 18.8. The van der Waals surface area contributed by atoms with E-state index >= 15 is 0 Å². The quantitative estimate of drug-likeness (QED) is 0.0785. The van der Waals surface area contributed by atoms with Gasteiger partial charge in [0.1, 0.15) is 0 Å². The molecule has 184 valence electrons. The fourth-order valence-corrected chi connectivity index (χ4v) is 5.58. The van der Waals surface area contributed by atoms with Crippen LogP contribution >= 0.6 is 33.2 Å². The van der Waals surface area contributed by atoms with Crippen LogP contribution in [0.2, 0.25) is 6.04 Å². The van der Waals surface area contributed by atoms with E-state index in [1.54, 1.807) is 0 Å². The summed E-state index contributed by atoms with van der Waals surface area (Å²) in [5.74, 6) is 0. The number of hydrogen-bond acceptors (Lipinski definition) is 0. The first-order chi connectivity index (χ1) is 14.5. The minimum absolute atomic E-state index is 0.829. The van der Waals surface area contributed by atoms with E-state index in [0.29, 0.717) is 0 Å². The predicted molar refractivity (Wildman–Crippen MR) is 147 cm³/mol. The summed E-state index contributed by atoms with van der Waals surface area (Å²) in [5, 5.41) is 0. The van der Waals surface area contributed by atoms with Crippen LogP contribution in [0.1, 0.15) is 162 Å². The molecule has 0 atom stereocenters. The van der Waals surface area contributed by atoms with E-state index in [-0.39, 0.29) is 0 Å². The van der Waals surface area contributed by atoms with Crippen molar-refractivity contribution in [1.82, 2.24) is 0 Å². The minimum atomic E-state index is -2.35. The maximum absolute atomic E-state index is 5.87. The lowest BCUT2D eigenvalue weighted by Gasteiger charge is -2.07. The first kappa shape index (κ1) is 33.3. The van der Waals surface area contributed by atoms with Gasteiger partial charge in [-0.05, 0) is 6.04 Å². The van der Waals surface area contributed by atoms with E-state index in [0.717, 1.165) is 12.5 Å². The van der Waals surface area contributed by atoms with Gasteiger partial charge in [-0.2, -0.15) is 0 Å². The monoisotopic (exact) mass is 500 g/mol. The highest BCUT2D eigenvalue weighted by Crippen LogP contribution is 2.27. The van der Waals surface area contributed by atoms with Crippen molar-refractivity contribution < 1.29 is 0 Å². The van der Waals surface area contributed by atoms with Crippen molar-refractivity contribution in [3.8, 4) is 0 Å². The summed E-state index contributed by atoms with van der Waals surface area (Å²) in [7, 11) is 0. The molecule has 0 saturated carbocycles.